The minimum atomic E-state index is -0.240. The van der Waals surface area contributed by atoms with E-state index in [1.807, 2.05) is 38.1 Å². The van der Waals surface area contributed by atoms with Gasteiger partial charge in [0.05, 0.1) is 6.54 Å². The summed E-state index contributed by atoms with van der Waals surface area (Å²) in [5.74, 6) is 0.756. The van der Waals surface area contributed by atoms with Crippen LogP contribution in [0.1, 0.15) is 19.4 Å². The summed E-state index contributed by atoms with van der Waals surface area (Å²) in [6.45, 7) is 4.63. The number of nitrogens with zero attached hydrogens (tertiary/aromatic N) is 1. The van der Waals surface area contributed by atoms with Gasteiger partial charge in [0, 0.05) is 10.6 Å². The fourth-order valence-corrected chi connectivity index (χ4v) is 1.40. The van der Waals surface area contributed by atoms with Crippen LogP contribution in [0.25, 0.3) is 0 Å². The molecule has 1 aliphatic heterocycles. The molecule has 0 atom stereocenters. The predicted molar refractivity (Wildman–Crippen MR) is 61.2 cm³/mol. The van der Waals surface area contributed by atoms with Gasteiger partial charge in [-0.15, -0.1) is 0 Å². The van der Waals surface area contributed by atoms with Crippen LogP contribution in [0, 0.1) is 0 Å². The average Bonchev–Trinajstić information content (AvgIpc) is 2.20. The Hall–Kier alpha value is -1.06. The lowest BCUT2D eigenvalue weighted by Crippen LogP contribution is -2.43. The monoisotopic (exact) mass is 224 g/mol. The largest absolute Gasteiger partial charge is 0.267 e. The number of halogens is 1. The van der Waals surface area contributed by atoms with Gasteiger partial charge in [0.2, 0.25) is 0 Å². The summed E-state index contributed by atoms with van der Waals surface area (Å²) in [6.07, 6.45) is 0. The Bertz CT molecular complexity index is 384. The first-order valence-electron chi connectivity index (χ1n) is 4.81. The van der Waals surface area contributed by atoms with Gasteiger partial charge in [-0.3, -0.25) is 9.83 Å². The zero-order chi connectivity index (χ0) is 10.9. The van der Waals surface area contributed by atoms with Crippen molar-refractivity contribution in [3.63, 3.8) is 0 Å². The molecule has 2 rings (SSSR count). The summed E-state index contributed by atoms with van der Waals surface area (Å²) in [7, 11) is 0. The fraction of sp³-hybridized carbons (Fsp3) is 0.364. The number of hydrogen-bond donors (Lipinski definition) is 1. The van der Waals surface area contributed by atoms with Gasteiger partial charge in [0.1, 0.15) is 5.60 Å². The van der Waals surface area contributed by atoms with Crippen molar-refractivity contribution in [3.05, 3.63) is 34.9 Å². The van der Waals surface area contributed by atoms with Crippen LogP contribution in [0.4, 0.5) is 0 Å². The van der Waals surface area contributed by atoms with Crippen LogP contribution in [-0.4, -0.2) is 18.0 Å². The first-order chi connectivity index (χ1) is 7.07. The molecular weight excluding hydrogens is 212 g/mol. The fourth-order valence-electron chi connectivity index (χ4n) is 1.28. The third-order valence-corrected chi connectivity index (χ3v) is 2.41. The number of hydrogen-bond acceptors (Lipinski definition) is 3. The number of nitrogens with one attached hydrogen (secondary N) is 1. The van der Waals surface area contributed by atoms with Crippen LogP contribution in [0.3, 0.4) is 0 Å². The summed E-state index contributed by atoms with van der Waals surface area (Å²) in [6, 6.07) is 7.49. The van der Waals surface area contributed by atoms with E-state index in [9.17, 15) is 0 Å². The molecule has 0 aromatic heterocycles. The van der Waals surface area contributed by atoms with Crippen LogP contribution in [0.15, 0.2) is 29.3 Å². The van der Waals surface area contributed by atoms with E-state index in [2.05, 4.69) is 10.5 Å². The highest BCUT2D eigenvalue weighted by Gasteiger charge is 2.24. The van der Waals surface area contributed by atoms with Crippen LogP contribution < -0.4 is 5.48 Å². The molecule has 0 fully saturated rings. The van der Waals surface area contributed by atoms with E-state index in [1.54, 1.807) is 0 Å². The molecule has 0 saturated heterocycles. The number of aliphatic imine (C=N–C) groups is 1. The highest BCUT2D eigenvalue weighted by atomic mass is 35.5. The van der Waals surface area contributed by atoms with Gasteiger partial charge in [0.25, 0.3) is 0 Å². The normalized spacial score (nSPS) is 19.3. The first-order valence-corrected chi connectivity index (χ1v) is 5.19. The van der Waals surface area contributed by atoms with E-state index in [0.717, 1.165) is 16.4 Å². The maximum Gasteiger partial charge on any atom is 0.152 e. The van der Waals surface area contributed by atoms with Crippen LogP contribution in [-0.2, 0) is 4.84 Å². The zero-order valence-electron chi connectivity index (χ0n) is 8.75. The molecule has 1 aromatic rings. The maximum atomic E-state index is 5.80. The van der Waals surface area contributed by atoms with Crippen molar-refractivity contribution in [2.24, 2.45) is 4.99 Å². The summed E-state index contributed by atoms with van der Waals surface area (Å²) in [5, 5.41) is 0.719. The second kappa shape index (κ2) is 3.83. The summed E-state index contributed by atoms with van der Waals surface area (Å²) >= 11 is 5.80. The zero-order valence-corrected chi connectivity index (χ0v) is 9.51. The second-order valence-corrected chi connectivity index (χ2v) is 4.57. The molecule has 0 bridgehead atoms. The van der Waals surface area contributed by atoms with Gasteiger partial charge in [-0.05, 0) is 38.1 Å². The molecule has 3 nitrogen and oxygen atoms in total. The van der Waals surface area contributed by atoms with Gasteiger partial charge >= 0.3 is 0 Å². The first kappa shape index (κ1) is 10.5. The van der Waals surface area contributed by atoms with E-state index in [0.29, 0.717) is 6.54 Å². The molecule has 0 spiro atoms. The average molecular weight is 225 g/mol. The second-order valence-electron chi connectivity index (χ2n) is 4.14. The molecule has 0 radical (unpaired) electrons. The van der Waals surface area contributed by atoms with Crippen molar-refractivity contribution < 1.29 is 4.84 Å². The lowest BCUT2D eigenvalue weighted by molar-refractivity contribution is -0.0571. The molecule has 1 aliphatic rings. The standard InChI is InChI=1S/C11H13ClN2O/c1-11(2)7-13-10(14-15-11)8-3-5-9(12)6-4-8/h3-6H,7H2,1-2H3,(H,13,14). The molecular formula is C11H13ClN2O. The van der Waals surface area contributed by atoms with Gasteiger partial charge in [0.15, 0.2) is 5.84 Å². The topological polar surface area (TPSA) is 33.6 Å². The van der Waals surface area contributed by atoms with Gasteiger partial charge in [-0.1, -0.05) is 11.6 Å². The number of rotatable bonds is 1. The quantitative estimate of drug-likeness (QED) is 0.795. The molecule has 4 heteroatoms. The minimum Gasteiger partial charge on any atom is -0.267 e. The molecule has 0 amide bonds. The molecule has 1 heterocycles. The highest BCUT2D eigenvalue weighted by molar-refractivity contribution is 6.30. The molecule has 0 aliphatic carbocycles. The van der Waals surface area contributed by atoms with Crippen LogP contribution in [0.2, 0.25) is 5.02 Å². The molecule has 1 N–H and O–H groups in total. The van der Waals surface area contributed by atoms with Crippen molar-refractivity contribution in [3.8, 4) is 0 Å². The molecule has 80 valence electrons. The van der Waals surface area contributed by atoms with Crippen LogP contribution in [0.5, 0.6) is 0 Å². The van der Waals surface area contributed by atoms with Crippen molar-refractivity contribution in [2.45, 2.75) is 19.4 Å². The highest BCUT2D eigenvalue weighted by Crippen LogP contribution is 2.15. The third-order valence-electron chi connectivity index (χ3n) is 2.16. The summed E-state index contributed by atoms with van der Waals surface area (Å²) < 4.78 is 0. The lowest BCUT2D eigenvalue weighted by Gasteiger charge is -2.28. The van der Waals surface area contributed by atoms with Crippen molar-refractivity contribution >= 4 is 17.4 Å². The summed E-state index contributed by atoms with van der Waals surface area (Å²) in [4.78, 5) is 9.87. The Morgan fingerprint density at radius 2 is 2.00 bits per heavy atom. The van der Waals surface area contributed by atoms with E-state index in [1.165, 1.54) is 0 Å². The smallest absolute Gasteiger partial charge is 0.152 e. The molecule has 0 unspecified atom stereocenters. The van der Waals surface area contributed by atoms with Crippen molar-refractivity contribution in [1.82, 2.24) is 5.48 Å². The van der Waals surface area contributed by atoms with Crippen LogP contribution >= 0.6 is 11.6 Å². The van der Waals surface area contributed by atoms with E-state index in [-0.39, 0.29) is 5.60 Å². The Morgan fingerprint density at radius 1 is 1.33 bits per heavy atom. The molecule has 1 aromatic carbocycles. The van der Waals surface area contributed by atoms with E-state index >= 15 is 0 Å². The Kier molecular flexibility index (Phi) is 2.67. The summed E-state index contributed by atoms with van der Waals surface area (Å²) in [5.41, 5.74) is 3.59. The van der Waals surface area contributed by atoms with Crippen molar-refractivity contribution in [2.75, 3.05) is 6.54 Å². The Labute approximate surface area is 94.1 Å². The van der Waals surface area contributed by atoms with Gasteiger partial charge < -0.3 is 0 Å². The van der Waals surface area contributed by atoms with E-state index in [4.69, 9.17) is 16.4 Å². The third kappa shape index (κ3) is 2.49. The molecule has 0 saturated carbocycles. The Balaban J connectivity index is 2.19. The number of hydroxylamine groups is 1. The lowest BCUT2D eigenvalue weighted by atomic mass is 10.1. The van der Waals surface area contributed by atoms with E-state index < -0.39 is 0 Å². The minimum absolute atomic E-state index is 0.240. The SMILES string of the molecule is CC1(C)CN=C(c2ccc(Cl)cc2)NO1. The number of amidine groups is 1. The maximum absolute atomic E-state index is 5.80. The van der Waals surface area contributed by atoms with Gasteiger partial charge in [-0.2, -0.15) is 0 Å². The van der Waals surface area contributed by atoms with Gasteiger partial charge in [-0.25, -0.2) is 5.48 Å². The Morgan fingerprint density at radius 3 is 2.53 bits per heavy atom. The number of benzene rings is 1. The predicted octanol–water partition coefficient (Wildman–Crippen LogP) is 2.40. The molecule has 15 heavy (non-hydrogen) atoms. The van der Waals surface area contributed by atoms with Crippen molar-refractivity contribution in [1.29, 1.82) is 0 Å².